The van der Waals surface area contributed by atoms with E-state index in [1.165, 1.54) is 6.20 Å². The molecule has 0 atom stereocenters. The summed E-state index contributed by atoms with van der Waals surface area (Å²) in [6.45, 7) is 4.04. The Balaban J connectivity index is 2.05. The summed E-state index contributed by atoms with van der Waals surface area (Å²) in [5, 5.41) is 0. The second-order valence-electron chi connectivity index (χ2n) is 5.24. The van der Waals surface area contributed by atoms with Crippen LogP contribution in [0, 0.1) is 0 Å². The number of hydrogen-bond donors (Lipinski definition) is 0. The lowest BCUT2D eigenvalue weighted by atomic mass is 9.95. The van der Waals surface area contributed by atoms with E-state index in [-0.39, 0.29) is 17.3 Å². The van der Waals surface area contributed by atoms with Gasteiger partial charge in [-0.15, -0.1) is 6.58 Å². The van der Waals surface area contributed by atoms with Crippen LogP contribution in [0.25, 0.3) is 0 Å². The molecule has 1 amide bonds. The molecule has 4 nitrogen and oxygen atoms in total. The third-order valence-corrected chi connectivity index (χ3v) is 4.33. The maximum atomic E-state index is 12.8. The molecule has 1 aliphatic rings. The van der Waals surface area contributed by atoms with Gasteiger partial charge in [0.25, 0.3) is 5.91 Å². The number of amides is 1. The topological polar surface area (TPSA) is 40.6 Å². The molecule has 0 saturated carbocycles. The van der Waals surface area contributed by atoms with Crippen LogP contribution in [0.15, 0.2) is 79.0 Å². The zero-order chi connectivity index (χ0) is 17.1. The van der Waals surface area contributed by atoms with Crippen molar-refractivity contribution >= 4 is 39.2 Å². The van der Waals surface area contributed by atoms with E-state index in [1.54, 1.807) is 33.1 Å². The first-order chi connectivity index (χ1) is 11.6. The molecule has 0 aromatic heterocycles. The molecule has 120 valence electrons. The summed E-state index contributed by atoms with van der Waals surface area (Å²) in [5.41, 5.74) is 2.06. The number of rotatable bonds is 4. The average molecular weight is 383 g/mol. The first-order valence-electron chi connectivity index (χ1n) is 7.42. The highest BCUT2D eigenvalue weighted by atomic mass is 79.9. The van der Waals surface area contributed by atoms with Crippen LogP contribution < -0.4 is 8.83 Å². The van der Waals surface area contributed by atoms with E-state index in [0.717, 1.165) is 5.69 Å². The highest BCUT2D eigenvalue weighted by Crippen LogP contribution is 2.31. The molecule has 0 bridgehead atoms. The molecule has 0 N–H and O–H groups in total. The molecule has 0 radical (unpaired) electrons. The minimum Gasteiger partial charge on any atom is -0.304 e. The molecule has 0 aliphatic carbocycles. The van der Waals surface area contributed by atoms with Gasteiger partial charge in [0.2, 0.25) is 5.78 Å². The number of fused-ring (bicyclic) bond motifs is 1. The maximum absolute atomic E-state index is 12.8. The first-order valence-corrected chi connectivity index (χ1v) is 8.13. The maximum Gasteiger partial charge on any atom is 0.264 e. The van der Waals surface area contributed by atoms with Gasteiger partial charge in [-0.1, -0.05) is 36.4 Å². The second kappa shape index (κ2) is 6.84. The summed E-state index contributed by atoms with van der Waals surface area (Å²) in [5.74, 6) is -0.615. The van der Waals surface area contributed by atoms with Gasteiger partial charge in [0.1, 0.15) is 5.57 Å². The summed E-state index contributed by atoms with van der Waals surface area (Å²) >= 11 is 3.39. The molecule has 5 heteroatoms. The predicted octanol–water partition coefficient (Wildman–Crippen LogP) is 4.10. The second-order valence-corrected chi connectivity index (χ2v) is 6.00. The number of carbonyl (C=O) groups is 2. The third kappa shape index (κ3) is 2.90. The fourth-order valence-corrected chi connectivity index (χ4v) is 3.02. The highest BCUT2D eigenvalue weighted by Gasteiger charge is 2.34. The number of carbonyl (C=O) groups excluding carboxylic acids is 2. The minimum atomic E-state index is -0.334. The van der Waals surface area contributed by atoms with Crippen molar-refractivity contribution < 1.29 is 9.59 Å². The van der Waals surface area contributed by atoms with Crippen molar-refractivity contribution in [3.63, 3.8) is 0 Å². The lowest BCUT2D eigenvalue weighted by Gasteiger charge is -2.29. The van der Waals surface area contributed by atoms with Crippen LogP contribution in [-0.2, 0) is 4.79 Å². The van der Waals surface area contributed by atoms with Crippen LogP contribution in [0.1, 0.15) is 10.4 Å². The quantitative estimate of drug-likeness (QED) is 0.346. The van der Waals surface area contributed by atoms with Crippen molar-refractivity contribution in [3.8, 4) is 0 Å². The fraction of sp³-hybridized carbons (Fsp3) is 0.0526. The van der Waals surface area contributed by atoms with E-state index in [1.807, 2.05) is 36.4 Å². The number of halogens is 1. The minimum absolute atomic E-state index is 0.108. The summed E-state index contributed by atoms with van der Waals surface area (Å²) in [6.07, 6.45) is 3.16. The largest absolute Gasteiger partial charge is 0.304 e. The Morgan fingerprint density at radius 1 is 1.04 bits per heavy atom. The molecule has 2 aromatic carbocycles. The van der Waals surface area contributed by atoms with E-state index >= 15 is 0 Å². The number of nitrogens with zero attached hydrogens (tertiary/aromatic N) is 2. The van der Waals surface area contributed by atoms with Gasteiger partial charge in [-0.3, -0.25) is 13.5 Å². The molecule has 2 aromatic rings. The van der Waals surface area contributed by atoms with E-state index in [9.17, 15) is 9.59 Å². The molecule has 0 fully saturated rings. The summed E-state index contributed by atoms with van der Waals surface area (Å²) in [4.78, 5) is 27.1. The molecule has 24 heavy (non-hydrogen) atoms. The van der Waals surface area contributed by atoms with Crippen LogP contribution in [0.2, 0.25) is 0 Å². The standard InChI is InChI=1S/C19H15BrN2O2/c1-2-12-21-17-11-7-6-10-15(17)18(23)16(19(21)24)13-22(20)14-8-4-3-5-9-14/h2-11,13H,1,12H2. The Bertz CT molecular complexity index is 830. The predicted molar refractivity (Wildman–Crippen MR) is 99.3 cm³/mol. The molecule has 0 saturated heterocycles. The van der Waals surface area contributed by atoms with Gasteiger partial charge in [-0.2, -0.15) is 0 Å². The van der Waals surface area contributed by atoms with Gasteiger partial charge in [-0.05, 0) is 24.3 Å². The lowest BCUT2D eigenvalue weighted by Crippen LogP contribution is -2.40. The third-order valence-electron chi connectivity index (χ3n) is 3.72. The van der Waals surface area contributed by atoms with Crippen LogP contribution in [0.5, 0.6) is 0 Å². The molecule has 3 rings (SSSR count). The van der Waals surface area contributed by atoms with Gasteiger partial charge in [0.05, 0.1) is 27.5 Å². The van der Waals surface area contributed by atoms with Crippen molar-refractivity contribution in [3.05, 3.63) is 84.6 Å². The summed E-state index contributed by atoms with van der Waals surface area (Å²) < 4.78 is 1.60. The Kier molecular flexibility index (Phi) is 4.62. The highest BCUT2D eigenvalue weighted by molar-refractivity contribution is 9.10. The zero-order valence-corrected chi connectivity index (χ0v) is 14.4. The number of ketones is 1. The smallest absolute Gasteiger partial charge is 0.264 e. The Hall–Kier alpha value is -2.66. The first kappa shape index (κ1) is 16.2. The fourth-order valence-electron chi connectivity index (χ4n) is 2.58. The molecule has 0 spiro atoms. The van der Waals surface area contributed by atoms with E-state index in [2.05, 4.69) is 22.7 Å². The van der Waals surface area contributed by atoms with Crippen LogP contribution in [-0.4, -0.2) is 18.2 Å². The van der Waals surface area contributed by atoms with Gasteiger partial charge < -0.3 is 4.90 Å². The normalized spacial score (nSPS) is 15.4. The average Bonchev–Trinajstić information content (AvgIpc) is 2.63. The zero-order valence-electron chi connectivity index (χ0n) is 12.9. The van der Waals surface area contributed by atoms with Gasteiger partial charge in [0, 0.05) is 18.3 Å². The molecular formula is C19H15BrN2O2. The number of hydrogen-bond acceptors (Lipinski definition) is 3. The number of benzene rings is 2. The Morgan fingerprint density at radius 2 is 1.71 bits per heavy atom. The molecule has 0 unspecified atom stereocenters. The lowest BCUT2D eigenvalue weighted by molar-refractivity contribution is -0.114. The van der Waals surface area contributed by atoms with Crippen molar-refractivity contribution in [2.45, 2.75) is 0 Å². The Morgan fingerprint density at radius 3 is 2.42 bits per heavy atom. The number of para-hydroxylation sites is 2. The molecule has 1 aliphatic heterocycles. The SMILES string of the molecule is C=CCN1C(=O)C(=CN(Br)c2ccccc2)C(=O)c2ccccc21. The number of anilines is 2. The van der Waals surface area contributed by atoms with Crippen molar-refractivity contribution in [1.29, 1.82) is 0 Å². The molecular weight excluding hydrogens is 368 g/mol. The van der Waals surface area contributed by atoms with Gasteiger partial charge in [-0.25, -0.2) is 0 Å². The van der Waals surface area contributed by atoms with Crippen LogP contribution in [0.4, 0.5) is 11.4 Å². The summed E-state index contributed by atoms with van der Waals surface area (Å²) in [6, 6.07) is 16.5. The van der Waals surface area contributed by atoms with E-state index in [4.69, 9.17) is 0 Å². The monoisotopic (exact) mass is 382 g/mol. The van der Waals surface area contributed by atoms with Crippen LogP contribution >= 0.6 is 16.1 Å². The van der Waals surface area contributed by atoms with Crippen molar-refractivity contribution in [2.24, 2.45) is 0 Å². The Labute approximate surface area is 149 Å². The van der Waals surface area contributed by atoms with Crippen LogP contribution in [0.3, 0.4) is 0 Å². The van der Waals surface area contributed by atoms with Crippen molar-refractivity contribution in [1.82, 2.24) is 0 Å². The summed E-state index contributed by atoms with van der Waals surface area (Å²) in [7, 11) is 0. The number of Topliss-reactive ketones (excluding diaryl/α,β-unsaturated/α-hetero) is 1. The molecule has 1 heterocycles. The van der Waals surface area contributed by atoms with Crippen molar-refractivity contribution in [2.75, 3.05) is 15.4 Å². The van der Waals surface area contributed by atoms with Gasteiger partial charge >= 0.3 is 0 Å². The van der Waals surface area contributed by atoms with Gasteiger partial charge in [0.15, 0.2) is 0 Å². The van der Waals surface area contributed by atoms with E-state index < -0.39 is 0 Å². The van der Waals surface area contributed by atoms with E-state index in [0.29, 0.717) is 17.8 Å².